The first-order valence-corrected chi connectivity index (χ1v) is 7.96. The normalized spacial score (nSPS) is 19.1. The summed E-state index contributed by atoms with van der Waals surface area (Å²) in [7, 11) is 0. The number of rotatable bonds is 4. The third kappa shape index (κ3) is 3.39. The minimum atomic E-state index is 0.380. The van der Waals surface area contributed by atoms with Gasteiger partial charge in [0.15, 0.2) is 0 Å². The Balaban J connectivity index is 2.31. The van der Waals surface area contributed by atoms with Crippen molar-refractivity contribution in [3.8, 4) is 0 Å². The van der Waals surface area contributed by atoms with Gasteiger partial charge < -0.3 is 5.32 Å². The summed E-state index contributed by atoms with van der Waals surface area (Å²) >= 11 is 0. The maximum absolute atomic E-state index is 3.62. The van der Waals surface area contributed by atoms with Gasteiger partial charge in [0.05, 0.1) is 0 Å². The molecule has 0 spiro atoms. The molecule has 0 aromatic heterocycles. The largest absolute Gasteiger partial charge is 0.316 e. The maximum atomic E-state index is 3.62. The zero-order valence-corrected chi connectivity index (χ0v) is 12.9. The summed E-state index contributed by atoms with van der Waals surface area (Å²) in [6.45, 7) is 8.89. The van der Waals surface area contributed by atoms with Crippen molar-refractivity contribution in [3.05, 3.63) is 34.9 Å². The average Bonchev–Trinajstić information content (AvgIpc) is 2.66. The van der Waals surface area contributed by atoms with Gasteiger partial charge in [0.25, 0.3) is 0 Å². The lowest BCUT2D eigenvalue weighted by Gasteiger charge is -2.34. The lowest BCUT2D eigenvalue weighted by molar-refractivity contribution is 0.350. The molecule has 0 bridgehead atoms. The molecule has 0 radical (unpaired) electrons. The quantitative estimate of drug-likeness (QED) is 0.785. The van der Waals surface area contributed by atoms with Crippen LogP contribution in [0.5, 0.6) is 0 Å². The van der Waals surface area contributed by atoms with Gasteiger partial charge in [-0.25, -0.2) is 0 Å². The highest BCUT2D eigenvalue weighted by molar-refractivity contribution is 5.35. The van der Waals surface area contributed by atoms with Gasteiger partial charge in [-0.3, -0.25) is 0 Å². The minimum Gasteiger partial charge on any atom is -0.316 e. The van der Waals surface area contributed by atoms with Gasteiger partial charge >= 0.3 is 0 Å². The van der Waals surface area contributed by atoms with Crippen LogP contribution in [0.2, 0.25) is 0 Å². The summed E-state index contributed by atoms with van der Waals surface area (Å²) in [6, 6.07) is 7.13. The van der Waals surface area contributed by atoms with Crippen LogP contribution in [0.4, 0.5) is 0 Å². The van der Waals surface area contributed by atoms with Gasteiger partial charge in [0.1, 0.15) is 0 Å². The molecular weight excluding hydrogens is 230 g/mol. The lowest BCUT2D eigenvalue weighted by Crippen LogP contribution is -2.38. The van der Waals surface area contributed by atoms with Gasteiger partial charge in [-0.1, -0.05) is 50.8 Å². The Hall–Kier alpha value is -0.820. The maximum Gasteiger partial charge on any atom is 0.00778 e. The molecule has 1 fully saturated rings. The second-order valence-electron chi connectivity index (χ2n) is 6.27. The topological polar surface area (TPSA) is 12.0 Å². The minimum absolute atomic E-state index is 0.380. The van der Waals surface area contributed by atoms with Gasteiger partial charge in [-0.15, -0.1) is 0 Å². The molecular formula is C18H29N. The highest BCUT2D eigenvalue weighted by Gasteiger charge is 2.32. The summed E-state index contributed by atoms with van der Waals surface area (Å²) in [5.74, 6) is 0. The van der Waals surface area contributed by atoms with Crippen LogP contribution in [0.3, 0.4) is 0 Å². The molecule has 1 heteroatoms. The van der Waals surface area contributed by atoms with Crippen molar-refractivity contribution in [2.24, 2.45) is 0 Å². The number of benzene rings is 1. The van der Waals surface area contributed by atoms with Gasteiger partial charge in [-0.05, 0) is 49.9 Å². The lowest BCUT2D eigenvalue weighted by atomic mass is 9.73. The highest BCUT2D eigenvalue weighted by Crippen LogP contribution is 2.38. The van der Waals surface area contributed by atoms with Gasteiger partial charge in [0, 0.05) is 12.0 Å². The van der Waals surface area contributed by atoms with E-state index in [4.69, 9.17) is 0 Å². The monoisotopic (exact) mass is 259 g/mol. The molecule has 1 N–H and O–H groups in total. The molecule has 1 aromatic rings. The first-order valence-electron chi connectivity index (χ1n) is 7.96. The van der Waals surface area contributed by atoms with Crippen LogP contribution in [0, 0.1) is 13.8 Å². The van der Waals surface area contributed by atoms with E-state index in [1.807, 2.05) is 0 Å². The predicted molar refractivity (Wildman–Crippen MR) is 83.8 cm³/mol. The number of hydrogen-bond donors (Lipinski definition) is 1. The molecule has 0 saturated heterocycles. The second-order valence-corrected chi connectivity index (χ2v) is 6.27. The molecule has 1 saturated carbocycles. The van der Waals surface area contributed by atoms with E-state index in [1.165, 1.54) is 49.7 Å². The Morgan fingerprint density at radius 3 is 2.26 bits per heavy atom. The van der Waals surface area contributed by atoms with Crippen LogP contribution >= 0.6 is 0 Å². The zero-order valence-electron chi connectivity index (χ0n) is 12.9. The molecule has 0 atom stereocenters. The van der Waals surface area contributed by atoms with Crippen LogP contribution in [-0.4, -0.2) is 13.1 Å². The third-order valence-corrected chi connectivity index (χ3v) is 4.89. The van der Waals surface area contributed by atoms with E-state index in [2.05, 4.69) is 44.3 Å². The summed E-state index contributed by atoms with van der Waals surface area (Å²) in [4.78, 5) is 0. The van der Waals surface area contributed by atoms with Crippen LogP contribution in [0.15, 0.2) is 18.2 Å². The van der Waals surface area contributed by atoms with Crippen molar-refractivity contribution in [2.45, 2.75) is 64.7 Å². The molecule has 1 nitrogen and oxygen atoms in total. The van der Waals surface area contributed by atoms with Crippen LogP contribution < -0.4 is 5.32 Å². The number of aryl methyl sites for hydroxylation is 2. The molecule has 1 aromatic carbocycles. The fourth-order valence-electron chi connectivity index (χ4n) is 3.41. The van der Waals surface area contributed by atoms with E-state index in [-0.39, 0.29) is 0 Å². The van der Waals surface area contributed by atoms with Crippen molar-refractivity contribution in [1.82, 2.24) is 5.32 Å². The van der Waals surface area contributed by atoms with Crippen LogP contribution in [0.1, 0.15) is 62.1 Å². The zero-order chi connectivity index (χ0) is 13.7. The van der Waals surface area contributed by atoms with Crippen LogP contribution in [0.25, 0.3) is 0 Å². The van der Waals surface area contributed by atoms with Crippen molar-refractivity contribution in [1.29, 1.82) is 0 Å². The third-order valence-electron chi connectivity index (χ3n) is 4.89. The summed E-state index contributed by atoms with van der Waals surface area (Å²) in [5.41, 5.74) is 4.80. The second kappa shape index (κ2) is 6.56. The van der Waals surface area contributed by atoms with Crippen molar-refractivity contribution in [2.75, 3.05) is 13.1 Å². The Kier molecular flexibility index (Phi) is 5.04. The SMILES string of the molecule is CCNCC1(c2ccc(C)c(C)c2)CCCCCC1. The van der Waals surface area contributed by atoms with E-state index < -0.39 is 0 Å². The fraction of sp³-hybridized carbons (Fsp3) is 0.667. The molecule has 0 unspecified atom stereocenters. The Morgan fingerprint density at radius 1 is 1.00 bits per heavy atom. The number of hydrogen-bond acceptors (Lipinski definition) is 1. The summed E-state index contributed by atoms with van der Waals surface area (Å²) in [5, 5.41) is 3.62. The molecule has 1 aliphatic rings. The van der Waals surface area contributed by atoms with Gasteiger partial charge in [-0.2, -0.15) is 0 Å². The molecule has 19 heavy (non-hydrogen) atoms. The van der Waals surface area contributed by atoms with E-state index >= 15 is 0 Å². The fourth-order valence-corrected chi connectivity index (χ4v) is 3.41. The molecule has 106 valence electrons. The Morgan fingerprint density at radius 2 is 1.68 bits per heavy atom. The molecule has 0 heterocycles. The molecule has 0 aliphatic heterocycles. The van der Waals surface area contributed by atoms with Crippen molar-refractivity contribution < 1.29 is 0 Å². The Labute approximate surface area is 118 Å². The Bertz CT molecular complexity index is 400. The molecule has 0 amide bonds. The summed E-state index contributed by atoms with van der Waals surface area (Å²) < 4.78 is 0. The van der Waals surface area contributed by atoms with E-state index in [9.17, 15) is 0 Å². The average molecular weight is 259 g/mol. The first-order chi connectivity index (χ1) is 9.18. The predicted octanol–water partition coefficient (Wildman–Crippen LogP) is 4.50. The number of likely N-dealkylation sites (N-methyl/N-ethyl adjacent to an activating group) is 1. The molecule has 1 aliphatic carbocycles. The smallest absolute Gasteiger partial charge is 0.00778 e. The van der Waals surface area contributed by atoms with E-state index in [1.54, 1.807) is 5.56 Å². The van der Waals surface area contributed by atoms with Crippen molar-refractivity contribution >= 4 is 0 Å². The first kappa shape index (κ1) is 14.6. The number of nitrogens with one attached hydrogen (secondary N) is 1. The standard InChI is InChI=1S/C18H29N/c1-4-19-14-18(11-7-5-6-8-12-18)17-10-9-15(2)16(3)13-17/h9-10,13,19H,4-8,11-12,14H2,1-3H3. The van der Waals surface area contributed by atoms with E-state index in [0.717, 1.165) is 13.1 Å². The van der Waals surface area contributed by atoms with Gasteiger partial charge in [0.2, 0.25) is 0 Å². The van der Waals surface area contributed by atoms with Crippen molar-refractivity contribution in [3.63, 3.8) is 0 Å². The molecule has 2 rings (SSSR count). The summed E-state index contributed by atoms with van der Waals surface area (Å²) in [6.07, 6.45) is 8.30. The van der Waals surface area contributed by atoms with Crippen LogP contribution in [-0.2, 0) is 5.41 Å². The van der Waals surface area contributed by atoms with E-state index in [0.29, 0.717) is 5.41 Å². The highest BCUT2D eigenvalue weighted by atomic mass is 14.9.